The van der Waals surface area contributed by atoms with Crippen LogP contribution in [-0.2, 0) is 22.5 Å². The second-order valence-electron chi connectivity index (χ2n) is 8.81. The summed E-state index contributed by atoms with van der Waals surface area (Å²) in [7, 11) is 0. The third-order valence-corrected chi connectivity index (χ3v) is 6.56. The largest absolute Gasteiger partial charge is 0.481 e. The van der Waals surface area contributed by atoms with Crippen molar-refractivity contribution in [1.29, 1.82) is 0 Å². The van der Waals surface area contributed by atoms with E-state index < -0.39 is 5.97 Å². The standard InChI is InChI=1S/C25H31N3O4.ClH/c1-3-19(25(30)31)6-4-17-5-7-22-21(13-17)27-23(20-12-16(2)24(29)26-14-20)28(22)15-18-8-10-32-11-9-18;/h5,7,12-14,18-19H,3-4,6,8-11,15H2,1-2H3,(H,26,29)(H,30,31);1H/t19-;/m1./s1. The van der Waals surface area contributed by atoms with Gasteiger partial charge in [-0.1, -0.05) is 13.0 Å². The highest BCUT2D eigenvalue weighted by Gasteiger charge is 2.20. The number of hydrogen-bond acceptors (Lipinski definition) is 4. The van der Waals surface area contributed by atoms with Gasteiger partial charge in [-0.25, -0.2) is 4.98 Å². The molecule has 0 spiro atoms. The molecule has 1 aliphatic rings. The Morgan fingerprint density at radius 1 is 1.30 bits per heavy atom. The summed E-state index contributed by atoms with van der Waals surface area (Å²) in [5, 5.41) is 9.34. The molecule has 3 heterocycles. The molecule has 178 valence electrons. The number of fused-ring (bicyclic) bond motifs is 1. The monoisotopic (exact) mass is 473 g/mol. The van der Waals surface area contributed by atoms with Crippen molar-refractivity contribution < 1.29 is 14.6 Å². The van der Waals surface area contributed by atoms with E-state index in [-0.39, 0.29) is 23.9 Å². The average molecular weight is 474 g/mol. The first-order chi connectivity index (χ1) is 15.5. The van der Waals surface area contributed by atoms with Gasteiger partial charge in [-0.05, 0) is 68.7 Å². The molecule has 4 rings (SSSR count). The lowest BCUT2D eigenvalue weighted by molar-refractivity contribution is -0.142. The summed E-state index contributed by atoms with van der Waals surface area (Å²) >= 11 is 0. The smallest absolute Gasteiger partial charge is 0.306 e. The van der Waals surface area contributed by atoms with Crippen LogP contribution in [0.25, 0.3) is 22.4 Å². The molecule has 0 saturated carbocycles. The van der Waals surface area contributed by atoms with E-state index >= 15 is 0 Å². The zero-order valence-electron chi connectivity index (χ0n) is 19.2. The molecule has 1 aromatic carbocycles. The fourth-order valence-corrected chi connectivity index (χ4v) is 4.49. The number of benzene rings is 1. The molecule has 0 bridgehead atoms. The molecule has 8 heteroatoms. The van der Waals surface area contributed by atoms with E-state index in [0.29, 0.717) is 30.7 Å². The number of carboxylic acids is 1. The van der Waals surface area contributed by atoms with Crippen LogP contribution in [-0.4, -0.2) is 38.8 Å². The summed E-state index contributed by atoms with van der Waals surface area (Å²) in [4.78, 5) is 31.0. The minimum atomic E-state index is -0.731. The summed E-state index contributed by atoms with van der Waals surface area (Å²) in [5.41, 5.74) is 4.52. The number of aryl methyl sites for hydroxylation is 2. The number of pyridine rings is 1. The van der Waals surface area contributed by atoms with Gasteiger partial charge in [0.25, 0.3) is 5.56 Å². The number of hydrogen-bond donors (Lipinski definition) is 2. The molecule has 1 aliphatic heterocycles. The van der Waals surface area contributed by atoms with E-state index in [1.807, 2.05) is 13.0 Å². The summed E-state index contributed by atoms with van der Waals surface area (Å²) in [6.45, 7) is 6.15. The minimum Gasteiger partial charge on any atom is -0.481 e. The Bertz CT molecular complexity index is 1160. The van der Waals surface area contributed by atoms with Crippen molar-refractivity contribution in [3.05, 3.63) is 51.9 Å². The molecule has 3 aromatic rings. The van der Waals surface area contributed by atoms with Crippen LogP contribution in [0.4, 0.5) is 0 Å². The minimum absolute atomic E-state index is 0. The topological polar surface area (TPSA) is 97.2 Å². The predicted molar refractivity (Wildman–Crippen MR) is 131 cm³/mol. The van der Waals surface area contributed by atoms with Gasteiger partial charge >= 0.3 is 5.97 Å². The van der Waals surface area contributed by atoms with Crippen molar-refractivity contribution in [3.63, 3.8) is 0 Å². The van der Waals surface area contributed by atoms with E-state index in [4.69, 9.17) is 9.72 Å². The van der Waals surface area contributed by atoms with Gasteiger partial charge in [-0.3, -0.25) is 9.59 Å². The Kier molecular flexibility index (Phi) is 8.32. The van der Waals surface area contributed by atoms with Crippen molar-refractivity contribution in [2.24, 2.45) is 11.8 Å². The number of rotatable bonds is 8. The number of halogens is 1. The van der Waals surface area contributed by atoms with Gasteiger partial charge in [0.15, 0.2) is 0 Å². The van der Waals surface area contributed by atoms with Crippen molar-refractivity contribution in [1.82, 2.24) is 14.5 Å². The van der Waals surface area contributed by atoms with Gasteiger partial charge < -0.3 is 19.4 Å². The summed E-state index contributed by atoms with van der Waals surface area (Å²) in [5.74, 6) is 0.311. The van der Waals surface area contributed by atoms with Crippen LogP contribution in [0.3, 0.4) is 0 Å². The lowest BCUT2D eigenvalue weighted by Crippen LogP contribution is -2.21. The van der Waals surface area contributed by atoms with Crippen LogP contribution in [0.15, 0.2) is 35.3 Å². The molecular weight excluding hydrogens is 442 g/mol. The lowest BCUT2D eigenvalue weighted by Gasteiger charge is -2.23. The number of aromatic amines is 1. The lowest BCUT2D eigenvalue weighted by atomic mass is 9.97. The molecule has 7 nitrogen and oxygen atoms in total. The molecule has 1 atom stereocenters. The number of nitrogens with one attached hydrogen (secondary N) is 1. The molecule has 1 fully saturated rings. The summed E-state index contributed by atoms with van der Waals surface area (Å²) < 4.78 is 7.79. The first-order valence-corrected chi connectivity index (χ1v) is 11.5. The zero-order valence-corrected chi connectivity index (χ0v) is 20.0. The van der Waals surface area contributed by atoms with Crippen LogP contribution < -0.4 is 5.56 Å². The van der Waals surface area contributed by atoms with E-state index in [0.717, 1.165) is 60.6 Å². The maximum Gasteiger partial charge on any atom is 0.306 e. The van der Waals surface area contributed by atoms with Crippen LogP contribution in [0.2, 0.25) is 0 Å². The van der Waals surface area contributed by atoms with E-state index in [2.05, 4.69) is 27.8 Å². The molecule has 33 heavy (non-hydrogen) atoms. The molecular formula is C25H32ClN3O4. The zero-order chi connectivity index (χ0) is 22.7. The predicted octanol–water partition coefficient (Wildman–Crippen LogP) is 4.59. The third-order valence-electron chi connectivity index (χ3n) is 6.56. The Morgan fingerprint density at radius 3 is 2.73 bits per heavy atom. The number of H-pyrrole nitrogens is 1. The van der Waals surface area contributed by atoms with Crippen molar-refractivity contribution in [3.8, 4) is 11.4 Å². The summed E-state index contributed by atoms with van der Waals surface area (Å²) in [6, 6.07) is 8.15. The first-order valence-electron chi connectivity index (χ1n) is 11.5. The van der Waals surface area contributed by atoms with Crippen LogP contribution in [0, 0.1) is 18.8 Å². The number of aliphatic carboxylic acids is 1. The van der Waals surface area contributed by atoms with Gasteiger partial charge in [0, 0.05) is 37.1 Å². The molecule has 0 radical (unpaired) electrons. The quantitative estimate of drug-likeness (QED) is 0.498. The highest BCUT2D eigenvalue weighted by Crippen LogP contribution is 2.29. The fourth-order valence-electron chi connectivity index (χ4n) is 4.49. The Labute approximate surface area is 199 Å². The molecule has 0 aliphatic carbocycles. The normalized spacial score (nSPS) is 15.3. The van der Waals surface area contributed by atoms with Crippen LogP contribution >= 0.6 is 12.4 Å². The third kappa shape index (κ3) is 5.65. The highest BCUT2D eigenvalue weighted by molar-refractivity contribution is 5.85. The van der Waals surface area contributed by atoms with Gasteiger partial charge in [-0.15, -0.1) is 12.4 Å². The molecule has 2 aromatic heterocycles. The summed E-state index contributed by atoms with van der Waals surface area (Å²) in [6.07, 6.45) is 5.74. The van der Waals surface area contributed by atoms with Gasteiger partial charge in [0.05, 0.1) is 17.0 Å². The SMILES string of the molecule is CC[C@H](CCc1ccc2c(c1)nc(-c1c[nH]c(=O)c(C)c1)n2CC1CCOCC1)C(=O)O.Cl. The number of carbonyl (C=O) groups is 1. The number of aromatic nitrogens is 3. The van der Waals surface area contributed by atoms with E-state index in [1.54, 1.807) is 13.1 Å². The van der Waals surface area contributed by atoms with Crippen molar-refractivity contribution in [2.75, 3.05) is 13.2 Å². The Morgan fingerprint density at radius 2 is 2.06 bits per heavy atom. The van der Waals surface area contributed by atoms with E-state index in [9.17, 15) is 14.7 Å². The van der Waals surface area contributed by atoms with E-state index in [1.165, 1.54) is 0 Å². The number of nitrogens with zero attached hydrogens (tertiary/aromatic N) is 2. The Hall–Kier alpha value is -2.64. The number of imidazole rings is 1. The van der Waals surface area contributed by atoms with Gasteiger partial charge in [0.1, 0.15) is 5.82 Å². The Balaban J connectivity index is 0.00000306. The number of carboxylic acid groups (broad SMARTS) is 1. The second-order valence-corrected chi connectivity index (χ2v) is 8.81. The number of ether oxygens (including phenoxy) is 1. The molecule has 0 amide bonds. The highest BCUT2D eigenvalue weighted by atomic mass is 35.5. The second kappa shape index (κ2) is 11.0. The molecule has 2 N–H and O–H groups in total. The first kappa shape index (κ1) is 25.0. The molecule has 0 unspecified atom stereocenters. The molecule has 1 saturated heterocycles. The van der Waals surface area contributed by atoms with Gasteiger partial charge in [-0.2, -0.15) is 0 Å². The maximum absolute atomic E-state index is 11.9. The fraction of sp³-hybridized carbons (Fsp3) is 0.480. The maximum atomic E-state index is 11.9. The van der Waals surface area contributed by atoms with Crippen molar-refractivity contribution in [2.45, 2.75) is 52.5 Å². The van der Waals surface area contributed by atoms with Crippen LogP contribution in [0.5, 0.6) is 0 Å². The van der Waals surface area contributed by atoms with Crippen molar-refractivity contribution >= 4 is 29.4 Å². The average Bonchev–Trinajstić information content (AvgIpc) is 3.14. The van der Waals surface area contributed by atoms with Crippen LogP contribution in [0.1, 0.15) is 43.7 Å². The van der Waals surface area contributed by atoms with Gasteiger partial charge in [0.2, 0.25) is 0 Å².